The average molecular weight is 326 g/mol. The van der Waals surface area contributed by atoms with E-state index < -0.39 is 10.0 Å². The van der Waals surface area contributed by atoms with Crippen molar-refractivity contribution in [1.82, 2.24) is 4.31 Å². The van der Waals surface area contributed by atoms with Gasteiger partial charge in [0.25, 0.3) is 0 Å². The summed E-state index contributed by atoms with van der Waals surface area (Å²) in [4.78, 5) is 0.221. The quantitative estimate of drug-likeness (QED) is 0.879. The molecule has 2 N–H and O–H groups in total. The molecule has 1 aromatic rings. The summed E-state index contributed by atoms with van der Waals surface area (Å²) in [6.07, 6.45) is 2.87. The third-order valence-corrected chi connectivity index (χ3v) is 6.15. The first-order valence-corrected chi connectivity index (χ1v) is 9.06. The molecule has 2 aliphatic rings. The van der Waals surface area contributed by atoms with Gasteiger partial charge in [-0.3, -0.25) is 0 Å². The molecule has 1 aliphatic heterocycles. The maximum atomic E-state index is 12.8. The van der Waals surface area contributed by atoms with Crippen molar-refractivity contribution >= 4 is 10.0 Å². The monoisotopic (exact) mass is 326 g/mol. The molecule has 122 valence electrons. The Hall–Kier alpha value is -1.31. The number of sulfonamides is 1. The van der Waals surface area contributed by atoms with Gasteiger partial charge in [0, 0.05) is 32.1 Å². The molecule has 1 aromatic carbocycles. The molecule has 0 saturated heterocycles. The van der Waals surface area contributed by atoms with Crippen molar-refractivity contribution < 1.29 is 17.9 Å². The molecule has 7 heteroatoms. The van der Waals surface area contributed by atoms with Crippen LogP contribution in [0.3, 0.4) is 0 Å². The van der Waals surface area contributed by atoms with Gasteiger partial charge in [0.1, 0.15) is 0 Å². The zero-order chi connectivity index (χ0) is 15.7. The fourth-order valence-electron chi connectivity index (χ4n) is 2.77. The molecule has 1 heterocycles. The highest BCUT2D eigenvalue weighted by atomic mass is 32.2. The molecule has 6 nitrogen and oxygen atoms in total. The molecule has 1 unspecified atom stereocenters. The Kier molecular flexibility index (Phi) is 4.29. The van der Waals surface area contributed by atoms with Gasteiger partial charge in [0.2, 0.25) is 10.0 Å². The fraction of sp³-hybridized carbons (Fsp3) is 0.600. The lowest BCUT2D eigenvalue weighted by atomic mass is 10.2. The van der Waals surface area contributed by atoms with Crippen molar-refractivity contribution in [2.75, 3.05) is 26.8 Å². The van der Waals surface area contributed by atoms with Crippen LogP contribution in [0.25, 0.3) is 0 Å². The summed E-state index contributed by atoms with van der Waals surface area (Å²) in [5, 5.41) is 0. The van der Waals surface area contributed by atoms with Gasteiger partial charge in [0.05, 0.1) is 18.1 Å². The number of nitrogens with two attached hydrogens (primary N) is 1. The van der Waals surface area contributed by atoms with Crippen molar-refractivity contribution in [1.29, 1.82) is 0 Å². The second kappa shape index (κ2) is 6.06. The third kappa shape index (κ3) is 2.93. The molecule has 1 aliphatic carbocycles. The second-order valence-electron chi connectivity index (χ2n) is 5.82. The number of benzene rings is 1. The molecule has 0 aromatic heterocycles. The van der Waals surface area contributed by atoms with Gasteiger partial charge in [-0.2, -0.15) is 4.31 Å². The molecule has 0 amide bonds. The Morgan fingerprint density at radius 3 is 2.59 bits per heavy atom. The zero-order valence-electron chi connectivity index (χ0n) is 12.7. The van der Waals surface area contributed by atoms with Crippen LogP contribution >= 0.6 is 0 Å². The van der Waals surface area contributed by atoms with Gasteiger partial charge in [0.15, 0.2) is 11.5 Å². The lowest BCUT2D eigenvalue weighted by molar-refractivity contribution is 0.296. The minimum absolute atomic E-state index is 0.138. The van der Waals surface area contributed by atoms with Gasteiger partial charge in [-0.25, -0.2) is 8.42 Å². The van der Waals surface area contributed by atoms with Crippen LogP contribution in [0, 0.1) is 5.92 Å². The normalized spacial score (nSPS) is 19.8. The Morgan fingerprint density at radius 2 is 1.95 bits per heavy atom. The number of likely N-dealkylation sites (N-methyl/N-ethyl adjacent to an activating group) is 1. The summed E-state index contributed by atoms with van der Waals surface area (Å²) in [5.74, 6) is 1.46. The highest BCUT2D eigenvalue weighted by Gasteiger charge is 2.38. The first-order valence-electron chi connectivity index (χ1n) is 7.62. The summed E-state index contributed by atoms with van der Waals surface area (Å²) >= 11 is 0. The molecule has 0 spiro atoms. The van der Waals surface area contributed by atoms with E-state index in [1.54, 1.807) is 25.2 Å². The van der Waals surface area contributed by atoms with E-state index in [1.165, 1.54) is 4.31 Å². The van der Waals surface area contributed by atoms with Gasteiger partial charge < -0.3 is 15.2 Å². The topological polar surface area (TPSA) is 81.9 Å². The number of fused-ring (bicyclic) bond motifs is 1. The van der Waals surface area contributed by atoms with Gasteiger partial charge in [-0.15, -0.1) is 0 Å². The lowest BCUT2D eigenvalue weighted by Crippen LogP contribution is -2.43. The molecule has 22 heavy (non-hydrogen) atoms. The summed E-state index contributed by atoms with van der Waals surface area (Å²) in [6, 6.07) is 4.64. The Bertz CT molecular complexity index is 643. The van der Waals surface area contributed by atoms with Gasteiger partial charge in [-0.05, 0) is 30.9 Å². The Morgan fingerprint density at radius 1 is 1.27 bits per heavy atom. The summed E-state index contributed by atoms with van der Waals surface area (Å²) in [6.45, 7) is 1.45. The van der Waals surface area contributed by atoms with Crippen LogP contribution in [0.5, 0.6) is 11.5 Å². The van der Waals surface area contributed by atoms with Crippen LogP contribution in [0.15, 0.2) is 23.1 Å². The molecule has 1 atom stereocenters. The highest BCUT2D eigenvalue weighted by molar-refractivity contribution is 7.89. The smallest absolute Gasteiger partial charge is 0.243 e. The number of ether oxygens (including phenoxy) is 2. The SMILES string of the molecule is CN(C(CN)C1CC1)S(=O)(=O)c1ccc2c(c1)OCCCO2. The minimum atomic E-state index is -3.58. The van der Waals surface area contributed by atoms with E-state index in [-0.39, 0.29) is 10.9 Å². The maximum Gasteiger partial charge on any atom is 0.243 e. The maximum absolute atomic E-state index is 12.8. The van der Waals surface area contributed by atoms with Crippen LogP contribution in [0.1, 0.15) is 19.3 Å². The van der Waals surface area contributed by atoms with Crippen LogP contribution in [0.2, 0.25) is 0 Å². The van der Waals surface area contributed by atoms with Crippen molar-refractivity contribution in [3.63, 3.8) is 0 Å². The fourth-order valence-corrected chi connectivity index (χ4v) is 4.21. The van der Waals surface area contributed by atoms with Crippen molar-refractivity contribution in [3.05, 3.63) is 18.2 Å². The van der Waals surface area contributed by atoms with Crippen LogP contribution in [-0.4, -0.2) is 45.6 Å². The van der Waals surface area contributed by atoms with E-state index in [1.807, 2.05) is 0 Å². The van der Waals surface area contributed by atoms with Crippen molar-refractivity contribution in [3.8, 4) is 11.5 Å². The lowest BCUT2D eigenvalue weighted by Gasteiger charge is -2.26. The summed E-state index contributed by atoms with van der Waals surface area (Å²) in [5.41, 5.74) is 5.77. The first kappa shape index (κ1) is 15.6. The van der Waals surface area contributed by atoms with Crippen molar-refractivity contribution in [2.45, 2.75) is 30.2 Å². The van der Waals surface area contributed by atoms with Crippen LogP contribution in [0.4, 0.5) is 0 Å². The Labute approximate surface area is 131 Å². The van der Waals surface area contributed by atoms with E-state index >= 15 is 0 Å². The van der Waals surface area contributed by atoms with Gasteiger partial charge >= 0.3 is 0 Å². The minimum Gasteiger partial charge on any atom is -0.490 e. The highest BCUT2D eigenvalue weighted by Crippen LogP contribution is 2.37. The van der Waals surface area contributed by atoms with Crippen LogP contribution < -0.4 is 15.2 Å². The third-order valence-electron chi connectivity index (χ3n) is 4.27. The number of hydrogen-bond acceptors (Lipinski definition) is 5. The number of hydrogen-bond donors (Lipinski definition) is 1. The van der Waals surface area contributed by atoms with Gasteiger partial charge in [-0.1, -0.05) is 0 Å². The predicted octanol–water partition coefficient (Wildman–Crippen LogP) is 1.21. The first-order chi connectivity index (χ1) is 10.5. The molecule has 1 fully saturated rings. The van der Waals surface area contributed by atoms with Crippen LogP contribution in [-0.2, 0) is 10.0 Å². The van der Waals surface area contributed by atoms with E-state index in [4.69, 9.17) is 15.2 Å². The molecule has 0 bridgehead atoms. The number of nitrogens with zero attached hydrogens (tertiary/aromatic N) is 1. The van der Waals surface area contributed by atoms with E-state index in [2.05, 4.69) is 0 Å². The number of rotatable bonds is 5. The summed E-state index contributed by atoms with van der Waals surface area (Å²) < 4.78 is 38.1. The molecular weight excluding hydrogens is 304 g/mol. The Balaban J connectivity index is 1.89. The largest absolute Gasteiger partial charge is 0.490 e. The standard InChI is InChI=1S/C15H22N2O4S/c1-17(13(10-16)11-3-4-11)22(18,19)12-5-6-14-15(9-12)21-8-2-7-20-14/h5-6,9,11,13H,2-4,7-8,10,16H2,1H3. The molecular formula is C15H22N2O4S. The second-order valence-corrected chi connectivity index (χ2v) is 7.82. The average Bonchev–Trinajstić information content (AvgIpc) is 3.33. The van der Waals surface area contributed by atoms with E-state index in [0.29, 0.717) is 37.2 Å². The zero-order valence-corrected chi connectivity index (χ0v) is 13.5. The molecule has 3 rings (SSSR count). The summed E-state index contributed by atoms with van der Waals surface area (Å²) in [7, 11) is -1.98. The molecule has 1 saturated carbocycles. The molecule has 0 radical (unpaired) electrons. The van der Waals surface area contributed by atoms with Crippen molar-refractivity contribution in [2.24, 2.45) is 11.7 Å². The predicted molar refractivity (Wildman–Crippen MR) is 82.6 cm³/mol. The van der Waals surface area contributed by atoms with E-state index in [9.17, 15) is 8.42 Å². The van der Waals surface area contributed by atoms with E-state index in [0.717, 1.165) is 19.3 Å².